The third-order valence-corrected chi connectivity index (χ3v) is 8.71. The van der Waals surface area contributed by atoms with Crippen molar-refractivity contribution in [3.63, 3.8) is 0 Å². The van der Waals surface area contributed by atoms with Crippen molar-refractivity contribution in [3.8, 4) is 0 Å². The third-order valence-electron chi connectivity index (χ3n) is 8.20. The number of hydrogen-bond donors (Lipinski definition) is 0. The number of allylic oxidation sites excluding steroid dienone is 2. The quantitative estimate of drug-likeness (QED) is 0.427. The van der Waals surface area contributed by atoms with Crippen LogP contribution in [-0.2, 0) is 14.6 Å². The Morgan fingerprint density at radius 2 is 1.88 bits per heavy atom. The zero-order chi connectivity index (χ0) is 17.2. The Labute approximate surface area is 146 Å². The molecule has 0 bridgehead atoms. The van der Waals surface area contributed by atoms with Crippen LogP contribution in [-0.4, -0.2) is 19.1 Å². The summed E-state index contributed by atoms with van der Waals surface area (Å²) in [5.41, 5.74) is 0.695. The number of hydrogen-bond acceptors (Lipinski definition) is 4. The van der Waals surface area contributed by atoms with Crippen LogP contribution >= 0.6 is 0 Å². The molecule has 0 spiro atoms. The number of fused-ring (bicyclic) bond motifs is 5. The lowest BCUT2D eigenvalue weighted by molar-refractivity contribution is -0.113. The van der Waals surface area contributed by atoms with Crippen LogP contribution in [0, 0.1) is 34.5 Å². The van der Waals surface area contributed by atoms with Crippen molar-refractivity contribution < 1.29 is 17.2 Å². The fourth-order valence-electron chi connectivity index (χ4n) is 6.96. The maximum atomic E-state index is 10.9. The first-order valence-corrected chi connectivity index (χ1v) is 10.9. The molecule has 24 heavy (non-hydrogen) atoms. The normalized spacial score (nSPS) is 50.9. The van der Waals surface area contributed by atoms with Crippen molar-refractivity contribution in [2.75, 3.05) is 0 Å². The highest BCUT2D eigenvalue weighted by Crippen LogP contribution is 2.65. The highest BCUT2D eigenvalue weighted by molar-refractivity contribution is 7.80. The second-order valence-corrected chi connectivity index (χ2v) is 10.2. The van der Waals surface area contributed by atoms with Crippen LogP contribution in [0.2, 0.25) is 0 Å². The molecule has 4 aliphatic rings. The van der Waals surface area contributed by atoms with E-state index in [4.69, 9.17) is 4.18 Å². The van der Waals surface area contributed by atoms with Crippen LogP contribution < -0.4 is 0 Å². The molecule has 4 rings (SSSR count). The molecule has 0 radical (unpaired) electrons. The molecule has 7 atom stereocenters. The lowest BCUT2D eigenvalue weighted by Gasteiger charge is -2.60. The topological polar surface area (TPSA) is 66.4 Å². The molecule has 3 fully saturated rings. The molecule has 0 aromatic heterocycles. The first-order valence-electron chi connectivity index (χ1n) is 9.53. The fourth-order valence-corrected chi connectivity index (χ4v) is 7.46. The second kappa shape index (κ2) is 5.55. The molecule has 136 valence electrons. The van der Waals surface area contributed by atoms with Crippen molar-refractivity contribution in [2.45, 2.75) is 71.3 Å². The van der Waals surface area contributed by atoms with Crippen molar-refractivity contribution in [3.05, 3.63) is 12.2 Å². The standard InChI is InChI=1S/C19H30O4S/c1-18-9-3-4-16(18)15-6-5-13-12-14(23-24(20,21)22)7-11-19(13,2)17(15)8-10-18/h3,9,13-17H,4-8,10-12H2,1-2H3,(H,20,21,22)/p-1/t13-,14-,15-,16-,17-,18-,19-/m0/s1. The average molecular weight is 354 g/mol. The minimum absolute atomic E-state index is 0.291. The van der Waals surface area contributed by atoms with Gasteiger partial charge in [-0.05, 0) is 85.9 Å². The molecule has 0 amide bonds. The molecule has 5 heteroatoms. The third kappa shape index (κ3) is 2.67. The smallest absolute Gasteiger partial charge is 0.217 e. The molecule has 0 aromatic carbocycles. The Morgan fingerprint density at radius 1 is 1.08 bits per heavy atom. The minimum Gasteiger partial charge on any atom is -0.726 e. The zero-order valence-electron chi connectivity index (χ0n) is 14.7. The minimum atomic E-state index is -4.58. The van der Waals surface area contributed by atoms with Gasteiger partial charge < -0.3 is 4.55 Å². The predicted octanol–water partition coefficient (Wildman–Crippen LogP) is 4.04. The van der Waals surface area contributed by atoms with Gasteiger partial charge in [0.25, 0.3) is 0 Å². The van der Waals surface area contributed by atoms with Gasteiger partial charge in [-0.2, -0.15) is 0 Å². The van der Waals surface area contributed by atoms with E-state index in [0.717, 1.165) is 37.0 Å². The maximum absolute atomic E-state index is 10.9. The molecule has 0 aliphatic heterocycles. The van der Waals surface area contributed by atoms with Crippen LogP contribution in [0.5, 0.6) is 0 Å². The summed E-state index contributed by atoms with van der Waals surface area (Å²) in [6.45, 7) is 4.87. The van der Waals surface area contributed by atoms with Gasteiger partial charge in [0.15, 0.2) is 0 Å². The van der Waals surface area contributed by atoms with Crippen molar-refractivity contribution >= 4 is 10.4 Å². The summed E-state index contributed by atoms with van der Waals surface area (Å²) in [6.07, 6.45) is 13.1. The van der Waals surface area contributed by atoms with Gasteiger partial charge in [-0.15, -0.1) is 0 Å². The van der Waals surface area contributed by atoms with Crippen molar-refractivity contribution in [2.24, 2.45) is 34.5 Å². The summed E-state index contributed by atoms with van der Waals surface area (Å²) in [7, 11) is -4.58. The molecular weight excluding hydrogens is 324 g/mol. The van der Waals surface area contributed by atoms with Gasteiger partial charge in [-0.3, -0.25) is 4.18 Å². The summed E-state index contributed by atoms with van der Waals surface area (Å²) >= 11 is 0. The van der Waals surface area contributed by atoms with E-state index >= 15 is 0 Å². The monoisotopic (exact) mass is 353 g/mol. The molecule has 0 heterocycles. The first kappa shape index (κ1) is 17.0. The van der Waals surface area contributed by atoms with Crippen LogP contribution in [0.3, 0.4) is 0 Å². The summed E-state index contributed by atoms with van der Waals surface area (Å²) in [6, 6.07) is 0. The number of rotatable bonds is 2. The SMILES string of the molecule is C[C@]12CC[C@H](OS(=O)(=O)[O-])C[C@@H]1CC[C@@H]1[C@@H]2CC[C@]2(C)C=CC[C@@H]12. The Hall–Kier alpha value is -0.390. The van der Waals surface area contributed by atoms with E-state index in [1.54, 1.807) is 0 Å². The van der Waals surface area contributed by atoms with Gasteiger partial charge in [-0.1, -0.05) is 26.0 Å². The van der Waals surface area contributed by atoms with Crippen molar-refractivity contribution in [1.29, 1.82) is 0 Å². The van der Waals surface area contributed by atoms with E-state index in [2.05, 4.69) is 26.0 Å². The Morgan fingerprint density at radius 3 is 2.62 bits per heavy atom. The van der Waals surface area contributed by atoms with Crippen LogP contribution in [0.1, 0.15) is 65.2 Å². The largest absolute Gasteiger partial charge is 0.726 e. The molecule has 0 unspecified atom stereocenters. The average Bonchev–Trinajstić information content (AvgIpc) is 2.88. The van der Waals surface area contributed by atoms with E-state index in [0.29, 0.717) is 23.2 Å². The van der Waals surface area contributed by atoms with E-state index < -0.39 is 16.5 Å². The Balaban J connectivity index is 1.53. The first-order chi connectivity index (χ1) is 11.2. The summed E-state index contributed by atoms with van der Waals surface area (Å²) in [5, 5.41) is 0. The highest BCUT2D eigenvalue weighted by Gasteiger charge is 2.57. The summed E-state index contributed by atoms with van der Waals surface area (Å²) < 4.78 is 37.6. The Kier molecular flexibility index (Phi) is 3.94. The molecular formula is C19H29O4S-. The van der Waals surface area contributed by atoms with E-state index in [1.165, 1.54) is 25.7 Å². The maximum Gasteiger partial charge on any atom is 0.217 e. The van der Waals surface area contributed by atoms with Gasteiger partial charge in [0.05, 0.1) is 6.10 Å². The fraction of sp³-hybridized carbons (Fsp3) is 0.895. The molecule has 0 saturated heterocycles. The van der Waals surface area contributed by atoms with Crippen LogP contribution in [0.25, 0.3) is 0 Å². The van der Waals surface area contributed by atoms with Crippen LogP contribution in [0.4, 0.5) is 0 Å². The van der Waals surface area contributed by atoms with E-state index in [-0.39, 0.29) is 0 Å². The summed E-state index contributed by atoms with van der Waals surface area (Å²) in [4.78, 5) is 0. The van der Waals surface area contributed by atoms with E-state index in [1.807, 2.05) is 0 Å². The van der Waals surface area contributed by atoms with Gasteiger partial charge in [0.1, 0.15) is 0 Å². The second-order valence-electron chi connectivity index (χ2n) is 9.24. The van der Waals surface area contributed by atoms with Gasteiger partial charge in [0, 0.05) is 0 Å². The van der Waals surface area contributed by atoms with Crippen LogP contribution in [0.15, 0.2) is 12.2 Å². The zero-order valence-corrected chi connectivity index (χ0v) is 15.6. The molecule has 0 N–H and O–H groups in total. The lowest BCUT2D eigenvalue weighted by Crippen LogP contribution is -2.53. The summed E-state index contributed by atoms with van der Waals surface area (Å²) in [5.74, 6) is 2.85. The van der Waals surface area contributed by atoms with Crippen molar-refractivity contribution in [1.82, 2.24) is 0 Å². The molecule has 4 aliphatic carbocycles. The molecule has 4 nitrogen and oxygen atoms in total. The molecule has 0 aromatic rings. The predicted molar refractivity (Wildman–Crippen MR) is 90.8 cm³/mol. The Bertz CT molecular complexity index is 642. The highest BCUT2D eigenvalue weighted by atomic mass is 32.3. The van der Waals surface area contributed by atoms with Gasteiger partial charge >= 0.3 is 0 Å². The molecule has 3 saturated carbocycles. The van der Waals surface area contributed by atoms with E-state index in [9.17, 15) is 13.0 Å². The van der Waals surface area contributed by atoms with Gasteiger partial charge in [-0.25, -0.2) is 8.42 Å². The van der Waals surface area contributed by atoms with Gasteiger partial charge in [0.2, 0.25) is 10.4 Å². The lowest BCUT2D eigenvalue weighted by atomic mass is 9.45.